The van der Waals surface area contributed by atoms with Gasteiger partial charge in [0.15, 0.2) is 0 Å². The standard InChI is InChI=1S/C12H14N2O3/c1-2-17-12(16)5-8-4-11(15)10(7-14)3-9(8)6-13/h3-4,15H,2,5-6,13H2,1H3. The van der Waals surface area contributed by atoms with E-state index in [0.29, 0.717) is 17.7 Å². The Hall–Kier alpha value is -2.06. The number of hydrogen-bond acceptors (Lipinski definition) is 5. The largest absolute Gasteiger partial charge is 0.507 e. The lowest BCUT2D eigenvalue weighted by Crippen LogP contribution is -2.11. The van der Waals surface area contributed by atoms with Gasteiger partial charge in [0.2, 0.25) is 0 Å². The third kappa shape index (κ3) is 3.20. The second-order valence-electron chi connectivity index (χ2n) is 3.44. The summed E-state index contributed by atoms with van der Waals surface area (Å²) >= 11 is 0. The summed E-state index contributed by atoms with van der Waals surface area (Å²) in [5.41, 5.74) is 6.93. The fourth-order valence-corrected chi connectivity index (χ4v) is 1.49. The van der Waals surface area contributed by atoms with E-state index in [9.17, 15) is 9.90 Å². The zero-order valence-corrected chi connectivity index (χ0v) is 9.56. The minimum absolute atomic E-state index is 0.0413. The maximum Gasteiger partial charge on any atom is 0.310 e. The van der Waals surface area contributed by atoms with Gasteiger partial charge < -0.3 is 15.6 Å². The molecule has 0 spiro atoms. The molecule has 0 aliphatic carbocycles. The molecule has 0 saturated heterocycles. The van der Waals surface area contributed by atoms with Gasteiger partial charge in [-0.3, -0.25) is 4.79 Å². The van der Waals surface area contributed by atoms with Crippen LogP contribution in [0.15, 0.2) is 12.1 Å². The third-order valence-electron chi connectivity index (χ3n) is 2.30. The van der Waals surface area contributed by atoms with Crippen molar-refractivity contribution in [2.45, 2.75) is 19.9 Å². The second-order valence-corrected chi connectivity index (χ2v) is 3.44. The average molecular weight is 234 g/mol. The molecule has 0 unspecified atom stereocenters. The summed E-state index contributed by atoms with van der Waals surface area (Å²) in [7, 11) is 0. The van der Waals surface area contributed by atoms with Crippen LogP contribution in [0.4, 0.5) is 0 Å². The summed E-state index contributed by atoms with van der Waals surface area (Å²) in [4.78, 5) is 11.3. The first-order chi connectivity index (χ1) is 8.12. The van der Waals surface area contributed by atoms with Gasteiger partial charge in [-0.15, -0.1) is 0 Å². The molecule has 5 nitrogen and oxygen atoms in total. The molecule has 17 heavy (non-hydrogen) atoms. The van der Waals surface area contributed by atoms with Crippen LogP contribution in [-0.2, 0) is 22.5 Å². The van der Waals surface area contributed by atoms with E-state index in [1.807, 2.05) is 6.07 Å². The first-order valence-corrected chi connectivity index (χ1v) is 5.22. The van der Waals surface area contributed by atoms with Crippen molar-refractivity contribution in [3.05, 3.63) is 28.8 Å². The van der Waals surface area contributed by atoms with Gasteiger partial charge >= 0.3 is 5.97 Å². The molecule has 0 bridgehead atoms. The van der Waals surface area contributed by atoms with E-state index in [1.54, 1.807) is 6.92 Å². The summed E-state index contributed by atoms with van der Waals surface area (Å²) in [6, 6.07) is 4.73. The number of nitriles is 1. The fraction of sp³-hybridized carbons (Fsp3) is 0.333. The number of hydrogen-bond donors (Lipinski definition) is 2. The molecule has 1 aromatic rings. The van der Waals surface area contributed by atoms with Crippen molar-refractivity contribution in [2.24, 2.45) is 5.73 Å². The Morgan fingerprint density at radius 3 is 2.76 bits per heavy atom. The van der Waals surface area contributed by atoms with Crippen LogP contribution >= 0.6 is 0 Å². The Balaban J connectivity index is 3.03. The Morgan fingerprint density at radius 2 is 2.24 bits per heavy atom. The highest BCUT2D eigenvalue weighted by atomic mass is 16.5. The van der Waals surface area contributed by atoms with Crippen molar-refractivity contribution in [1.82, 2.24) is 0 Å². The lowest BCUT2D eigenvalue weighted by Gasteiger charge is -2.09. The first-order valence-electron chi connectivity index (χ1n) is 5.22. The van der Waals surface area contributed by atoms with Crippen LogP contribution in [0.2, 0.25) is 0 Å². The van der Waals surface area contributed by atoms with E-state index >= 15 is 0 Å². The topological polar surface area (TPSA) is 96.3 Å². The van der Waals surface area contributed by atoms with Crippen LogP contribution < -0.4 is 5.73 Å². The number of carbonyl (C=O) groups excluding carboxylic acids is 1. The zero-order chi connectivity index (χ0) is 12.8. The van der Waals surface area contributed by atoms with E-state index in [1.165, 1.54) is 12.1 Å². The number of nitrogens with two attached hydrogens (primary N) is 1. The van der Waals surface area contributed by atoms with Crippen molar-refractivity contribution in [1.29, 1.82) is 5.26 Å². The molecule has 0 amide bonds. The predicted molar refractivity (Wildman–Crippen MR) is 61.1 cm³/mol. The molecule has 3 N–H and O–H groups in total. The van der Waals surface area contributed by atoms with Crippen molar-refractivity contribution in [2.75, 3.05) is 6.61 Å². The van der Waals surface area contributed by atoms with Gasteiger partial charge in [0.05, 0.1) is 18.6 Å². The number of ether oxygens (including phenoxy) is 1. The van der Waals surface area contributed by atoms with Gasteiger partial charge in [-0.05, 0) is 30.2 Å². The van der Waals surface area contributed by atoms with Crippen LogP contribution in [0.1, 0.15) is 23.6 Å². The number of nitrogens with zero attached hydrogens (tertiary/aromatic N) is 1. The number of benzene rings is 1. The second kappa shape index (κ2) is 5.87. The number of esters is 1. The molecule has 1 aromatic carbocycles. The van der Waals surface area contributed by atoms with Gasteiger partial charge in [-0.25, -0.2) is 0 Å². The minimum atomic E-state index is -0.383. The van der Waals surface area contributed by atoms with Gasteiger partial charge in [0.1, 0.15) is 11.8 Å². The number of phenolic OH excluding ortho intramolecular Hbond substituents is 1. The Labute approximate surface area is 99.4 Å². The number of rotatable bonds is 4. The van der Waals surface area contributed by atoms with Crippen LogP contribution in [-0.4, -0.2) is 17.7 Å². The smallest absolute Gasteiger partial charge is 0.310 e. The Morgan fingerprint density at radius 1 is 1.53 bits per heavy atom. The molecular weight excluding hydrogens is 220 g/mol. The monoisotopic (exact) mass is 234 g/mol. The minimum Gasteiger partial charge on any atom is -0.507 e. The SMILES string of the molecule is CCOC(=O)Cc1cc(O)c(C#N)cc1CN. The van der Waals surface area contributed by atoms with E-state index in [2.05, 4.69) is 0 Å². The van der Waals surface area contributed by atoms with Crippen molar-refractivity contribution in [3.63, 3.8) is 0 Å². The first kappa shape index (κ1) is 13.0. The van der Waals surface area contributed by atoms with Gasteiger partial charge in [0.25, 0.3) is 0 Å². The van der Waals surface area contributed by atoms with E-state index in [0.717, 1.165) is 0 Å². The number of carbonyl (C=O) groups is 1. The van der Waals surface area contributed by atoms with E-state index in [-0.39, 0.29) is 30.2 Å². The Bertz CT molecular complexity index is 464. The molecule has 0 heterocycles. The number of phenols is 1. The van der Waals surface area contributed by atoms with Crippen LogP contribution in [0.3, 0.4) is 0 Å². The molecule has 0 aromatic heterocycles. The zero-order valence-electron chi connectivity index (χ0n) is 9.56. The highest BCUT2D eigenvalue weighted by molar-refractivity contribution is 5.73. The molecular formula is C12H14N2O3. The molecule has 0 saturated carbocycles. The molecule has 0 atom stereocenters. The molecule has 90 valence electrons. The molecule has 0 fully saturated rings. The number of aromatic hydroxyl groups is 1. The van der Waals surface area contributed by atoms with Crippen LogP contribution in [0.5, 0.6) is 5.75 Å². The molecule has 0 radical (unpaired) electrons. The van der Waals surface area contributed by atoms with Crippen molar-refractivity contribution < 1.29 is 14.6 Å². The Kier molecular flexibility index (Phi) is 4.49. The molecule has 0 aliphatic heterocycles. The molecule has 0 aliphatic rings. The quantitative estimate of drug-likeness (QED) is 0.752. The summed E-state index contributed by atoms with van der Waals surface area (Å²) in [6.45, 7) is 2.22. The highest BCUT2D eigenvalue weighted by Gasteiger charge is 2.12. The molecule has 5 heteroatoms. The summed E-state index contributed by atoms with van der Waals surface area (Å²) in [5, 5.41) is 18.3. The van der Waals surface area contributed by atoms with Crippen molar-refractivity contribution in [3.8, 4) is 11.8 Å². The van der Waals surface area contributed by atoms with Gasteiger partial charge in [-0.1, -0.05) is 0 Å². The third-order valence-corrected chi connectivity index (χ3v) is 2.30. The summed E-state index contributed by atoms with van der Waals surface area (Å²) in [6.07, 6.45) is 0.0413. The summed E-state index contributed by atoms with van der Waals surface area (Å²) < 4.78 is 4.82. The van der Waals surface area contributed by atoms with Gasteiger partial charge in [-0.2, -0.15) is 5.26 Å². The fourth-order valence-electron chi connectivity index (χ4n) is 1.49. The van der Waals surface area contributed by atoms with Crippen molar-refractivity contribution >= 4 is 5.97 Å². The summed E-state index contributed by atoms with van der Waals surface area (Å²) in [5.74, 6) is -0.532. The van der Waals surface area contributed by atoms with Crippen LogP contribution in [0, 0.1) is 11.3 Å². The predicted octanol–water partition coefficient (Wildman–Crippen LogP) is 0.828. The molecule has 1 rings (SSSR count). The lowest BCUT2D eigenvalue weighted by atomic mass is 10.0. The lowest BCUT2D eigenvalue weighted by molar-refractivity contribution is -0.142. The maximum atomic E-state index is 11.3. The highest BCUT2D eigenvalue weighted by Crippen LogP contribution is 2.22. The van der Waals surface area contributed by atoms with Gasteiger partial charge in [0, 0.05) is 6.54 Å². The average Bonchev–Trinajstić information content (AvgIpc) is 2.29. The normalized spacial score (nSPS) is 9.71. The van der Waals surface area contributed by atoms with E-state index in [4.69, 9.17) is 15.7 Å². The maximum absolute atomic E-state index is 11.3. The van der Waals surface area contributed by atoms with E-state index < -0.39 is 0 Å². The van der Waals surface area contributed by atoms with Crippen LogP contribution in [0.25, 0.3) is 0 Å².